The average Bonchev–Trinajstić information content (AvgIpc) is 2.91. The first kappa shape index (κ1) is 13.7. The Hall–Kier alpha value is -1.29. The van der Waals surface area contributed by atoms with Crippen LogP contribution < -0.4 is 5.32 Å². The number of aromatic nitrogens is 1. The molecule has 2 heterocycles. The van der Waals surface area contributed by atoms with E-state index in [9.17, 15) is 9.59 Å². The maximum absolute atomic E-state index is 12.0. The number of hydrogen-bond donors (Lipinski definition) is 2. The molecule has 1 aromatic carbocycles. The van der Waals surface area contributed by atoms with E-state index in [0.717, 1.165) is 15.1 Å². The zero-order valence-electron chi connectivity index (χ0n) is 9.84. The molecule has 20 heavy (non-hydrogen) atoms. The number of H-pyrrole nitrogens is 1. The second-order valence-corrected chi connectivity index (χ2v) is 7.27. The van der Waals surface area contributed by atoms with Gasteiger partial charge in [0.05, 0.1) is 16.0 Å². The number of anilines is 1. The number of aromatic amines is 1. The normalized spacial score (nSPS) is 15.1. The van der Waals surface area contributed by atoms with Gasteiger partial charge in [-0.1, -0.05) is 24.0 Å². The fourth-order valence-corrected chi connectivity index (χ4v) is 3.96. The minimum absolute atomic E-state index is 0.213. The fourth-order valence-electron chi connectivity index (χ4n) is 1.75. The van der Waals surface area contributed by atoms with Gasteiger partial charge in [0.1, 0.15) is 0 Å². The van der Waals surface area contributed by atoms with Crippen LogP contribution in [0.1, 0.15) is 0 Å². The zero-order valence-corrected chi connectivity index (χ0v) is 13.1. The molecule has 0 bridgehead atoms. The fraction of sp³-hybridized carbons (Fsp3) is 0.0909. The number of carbonyl (C=O) groups excluding carboxylic acids is 2. The molecule has 2 N–H and O–H groups in total. The lowest BCUT2D eigenvalue weighted by atomic mass is 10.3. The maximum atomic E-state index is 12.0. The van der Waals surface area contributed by atoms with Gasteiger partial charge in [0, 0.05) is 5.69 Å². The zero-order chi connectivity index (χ0) is 14.3. The summed E-state index contributed by atoms with van der Waals surface area (Å²) in [6.07, 6.45) is 0. The van der Waals surface area contributed by atoms with Crippen molar-refractivity contribution in [3.63, 3.8) is 0 Å². The highest BCUT2D eigenvalue weighted by Gasteiger charge is 2.32. The van der Waals surface area contributed by atoms with Gasteiger partial charge < -0.3 is 10.3 Å². The van der Waals surface area contributed by atoms with E-state index in [1.807, 2.05) is 6.07 Å². The van der Waals surface area contributed by atoms with Crippen LogP contribution in [0, 0.1) is 3.95 Å². The lowest BCUT2D eigenvalue weighted by Gasteiger charge is -2.13. The van der Waals surface area contributed by atoms with E-state index >= 15 is 0 Å². The number of thioether (sulfide) groups is 1. The summed E-state index contributed by atoms with van der Waals surface area (Å²) in [5, 5.41) is 2.67. The minimum Gasteiger partial charge on any atom is -0.337 e. The number of carbonyl (C=O) groups is 2. The van der Waals surface area contributed by atoms with E-state index in [0.29, 0.717) is 9.64 Å². The van der Waals surface area contributed by atoms with E-state index in [1.54, 1.807) is 12.1 Å². The predicted molar refractivity (Wildman–Crippen MR) is 87.9 cm³/mol. The van der Waals surface area contributed by atoms with Crippen molar-refractivity contribution in [2.75, 3.05) is 11.1 Å². The molecule has 2 aromatic rings. The van der Waals surface area contributed by atoms with Gasteiger partial charge in [-0.2, -0.15) is 0 Å². The Morgan fingerprint density at radius 3 is 2.90 bits per heavy atom. The number of urea groups is 1. The summed E-state index contributed by atoms with van der Waals surface area (Å²) >= 11 is 12.7. The molecular weight excluding hydrogens is 334 g/mol. The number of amides is 3. The first-order valence-electron chi connectivity index (χ1n) is 5.48. The molecule has 0 atom stereocenters. The standard InChI is InChI=1S/C11H7N3O2S4/c15-8-4-19-11(18)14(8)9(16)12-5-1-2-6-7(3-5)20-10(17)13-6/h1-3H,4H2,(H,12,16)(H,13,17). The second kappa shape index (κ2) is 5.24. The number of thiazole rings is 1. The number of imide groups is 1. The molecule has 0 radical (unpaired) electrons. The third-order valence-corrected chi connectivity index (χ3v) is 5.18. The molecule has 0 saturated carbocycles. The molecule has 1 aliphatic heterocycles. The van der Waals surface area contributed by atoms with Crippen LogP contribution in [0.4, 0.5) is 10.5 Å². The Labute approximate surface area is 132 Å². The van der Waals surface area contributed by atoms with Gasteiger partial charge in [0.15, 0.2) is 8.27 Å². The van der Waals surface area contributed by atoms with Gasteiger partial charge in [-0.25, -0.2) is 9.69 Å². The Morgan fingerprint density at radius 1 is 1.40 bits per heavy atom. The molecule has 1 aliphatic rings. The van der Waals surface area contributed by atoms with Crippen LogP contribution >= 0.6 is 47.5 Å². The number of fused-ring (bicyclic) bond motifs is 1. The van der Waals surface area contributed by atoms with E-state index in [1.165, 1.54) is 23.1 Å². The summed E-state index contributed by atoms with van der Waals surface area (Å²) in [5.74, 6) is -0.0827. The highest BCUT2D eigenvalue weighted by atomic mass is 32.2. The smallest absolute Gasteiger partial charge is 0.334 e. The molecule has 102 valence electrons. The van der Waals surface area contributed by atoms with Crippen molar-refractivity contribution in [2.24, 2.45) is 0 Å². The number of thiocarbonyl (C=S) groups is 1. The first-order valence-corrected chi connectivity index (χ1v) is 8.10. The lowest BCUT2D eigenvalue weighted by molar-refractivity contribution is -0.121. The summed E-state index contributed by atoms with van der Waals surface area (Å²) < 4.78 is 1.90. The molecule has 0 spiro atoms. The number of nitrogens with zero attached hydrogens (tertiary/aromatic N) is 1. The second-order valence-electron chi connectivity index (χ2n) is 3.94. The monoisotopic (exact) mass is 341 g/mol. The minimum atomic E-state index is -0.525. The van der Waals surface area contributed by atoms with Crippen LogP contribution in [0.15, 0.2) is 18.2 Å². The van der Waals surface area contributed by atoms with Gasteiger partial charge in [0.25, 0.3) is 0 Å². The maximum Gasteiger partial charge on any atom is 0.334 e. The molecule has 3 amide bonds. The molecule has 0 unspecified atom stereocenters. The van der Waals surface area contributed by atoms with Crippen molar-refractivity contribution in [3.05, 3.63) is 22.2 Å². The Kier molecular flexibility index (Phi) is 3.59. The topological polar surface area (TPSA) is 65.2 Å². The predicted octanol–water partition coefficient (Wildman–Crippen LogP) is 3.35. The van der Waals surface area contributed by atoms with E-state index in [4.69, 9.17) is 24.4 Å². The molecule has 5 nitrogen and oxygen atoms in total. The van der Waals surface area contributed by atoms with Crippen LogP contribution in [0.25, 0.3) is 10.2 Å². The molecule has 1 saturated heterocycles. The average molecular weight is 341 g/mol. The highest BCUT2D eigenvalue weighted by molar-refractivity contribution is 8.24. The van der Waals surface area contributed by atoms with Crippen LogP contribution in [-0.2, 0) is 4.79 Å². The lowest BCUT2D eigenvalue weighted by Crippen LogP contribution is -2.38. The van der Waals surface area contributed by atoms with Crippen molar-refractivity contribution < 1.29 is 9.59 Å². The van der Waals surface area contributed by atoms with Gasteiger partial charge in [-0.15, -0.1) is 11.3 Å². The number of hydrogen-bond acceptors (Lipinski definition) is 6. The molecule has 1 fully saturated rings. The van der Waals surface area contributed by atoms with Gasteiger partial charge in [-0.3, -0.25) is 4.79 Å². The van der Waals surface area contributed by atoms with Gasteiger partial charge in [0.2, 0.25) is 5.91 Å². The summed E-state index contributed by atoms with van der Waals surface area (Å²) in [6.45, 7) is 0. The summed E-state index contributed by atoms with van der Waals surface area (Å²) in [7, 11) is 0. The van der Waals surface area contributed by atoms with Crippen LogP contribution in [0.5, 0.6) is 0 Å². The highest BCUT2D eigenvalue weighted by Crippen LogP contribution is 2.25. The van der Waals surface area contributed by atoms with E-state index in [-0.39, 0.29) is 16.0 Å². The third kappa shape index (κ3) is 2.49. The van der Waals surface area contributed by atoms with Crippen LogP contribution in [0.3, 0.4) is 0 Å². The van der Waals surface area contributed by atoms with Gasteiger partial charge >= 0.3 is 6.03 Å². The summed E-state index contributed by atoms with van der Waals surface area (Å²) in [5.41, 5.74) is 1.52. The Morgan fingerprint density at radius 2 is 2.20 bits per heavy atom. The van der Waals surface area contributed by atoms with E-state index < -0.39 is 6.03 Å². The molecule has 1 aromatic heterocycles. The summed E-state index contributed by atoms with van der Waals surface area (Å²) in [6, 6.07) is 4.86. The Balaban J connectivity index is 1.85. The Bertz CT molecular complexity index is 778. The quantitative estimate of drug-likeness (QED) is 0.779. The molecule has 0 aliphatic carbocycles. The number of rotatable bonds is 1. The van der Waals surface area contributed by atoms with Crippen molar-refractivity contribution in [3.8, 4) is 0 Å². The molecule has 3 rings (SSSR count). The third-order valence-electron chi connectivity index (χ3n) is 2.63. The van der Waals surface area contributed by atoms with Crippen molar-refractivity contribution >= 4 is 79.7 Å². The SMILES string of the molecule is O=C1CSC(=S)N1C(=O)Nc1ccc2[nH]c(=S)sc2c1. The number of nitrogens with one attached hydrogen (secondary N) is 2. The largest absolute Gasteiger partial charge is 0.337 e. The van der Waals surface area contributed by atoms with Crippen LogP contribution in [-0.4, -0.2) is 31.9 Å². The van der Waals surface area contributed by atoms with Gasteiger partial charge in [-0.05, 0) is 30.4 Å². The van der Waals surface area contributed by atoms with E-state index in [2.05, 4.69) is 10.3 Å². The number of benzene rings is 1. The van der Waals surface area contributed by atoms with Crippen LogP contribution in [0.2, 0.25) is 0 Å². The first-order chi connectivity index (χ1) is 9.54. The molecule has 9 heteroatoms. The summed E-state index contributed by atoms with van der Waals surface area (Å²) in [4.78, 5) is 27.6. The molecular formula is C11H7N3O2S4. The van der Waals surface area contributed by atoms with Crippen molar-refractivity contribution in [1.82, 2.24) is 9.88 Å². The van der Waals surface area contributed by atoms with Crippen molar-refractivity contribution in [1.29, 1.82) is 0 Å². The van der Waals surface area contributed by atoms with Crippen molar-refractivity contribution in [2.45, 2.75) is 0 Å².